The highest BCUT2D eigenvalue weighted by Crippen LogP contribution is 2.30. The lowest BCUT2D eigenvalue weighted by atomic mass is 10.0. The predicted octanol–water partition coefficient (Wildman–Crippen LogP) is 3.17. The zero-order valence-corrected chi connectivity index (χ0v) is 14.7. The molecule has 0 spiro atoms. The van der Waals surface area contributed by atoms with Crippen LogP contribution in [-0.2, 0) is 0 Å². The first kappa shape index (κ1) is 17.1. The number of methoxy groups -OCH3 is 1. The van der Waals surface area contributed by atoms with Crippen LogP contribution in [0.25, 0.3) is 0 Å². The van der Waals surface area contributed by atoms with Crippen LogP contribution >= 0.6 is 11.6 Å². The number of hydrogen-bond acceptors (Lipinski definition) is 4. The summed E-state index contributed by atoms with van der Waals surface area (Å²) in [6, 6.07) is 16.4. The van der Waals surface area contributed by atoms with Crippen molar-refractivity contribution in [1.29, 1.82) is 0 Å². The lowest BCUT2D eigenvalue weighted by Crippen LogP contribution is -2.49. The second-order valence-corrected chi connectivity index (χ2v) is 6.43. The Balaban J connectivity index is 1.70. The Hall–Kier alpha value is -1.75. The van der Waals surface area contributed by atoms with E-state index in [1.165, 1.54) is 11.3 Å². The van der Waals surface area contributed by atoms with Crippen molar-refractivity contribution in [3.05, 3.63) is 59.1 Å². The molecule has 0 saturated carbocycles. The normalized spacial score (nSPS) is 16.9. The molecule has 1 atom stereocenters. The molecule has 2 aromatic rings. The number of benzene rings is 2. The van der Waals surface area contributed by atoms with E-state index in [4.69, 9.17) is 22.1 Å². The van der Waals surface area contributed by atoms with Crippen molar-refractivity contribution in [3.63, 3.8) is 0 Å². The van der Waals surface area contributed by atoms with E-state index in [-0.39, 0.29) is 6.04 Å². The van der Waals surface area contributed by atoms with Crippen LogP contribution in [0.3, 0.4) is 0 Å². The van der Waals surface area contributed by atoms with Crippen LogP contribution in [0.2, 0.25) is 5.02 Å². The topological polar surface area (TPSA) is 41.7 Å². The van der Waals surface area contributed by atoms with E-state index in [1.807, 2.05) is 36.4 Å². The minimum absolute atomic E-state index is 0.183. The first-order valence-electron chi connectivity index (χ1n) is 8.30. The maximum absolute atomic E-state index is 6.11. The van der Waals surface area contributed by atoms with Crippen LogP contribution < -0.4 is 15.4 Å². The summed E-state index contributed by atoms with van der Waals surface area (Å²) in [5.41, 5.74) is 8.45. The number of rotatable bonds is 5. The summed E-state index contributed by atoms with van der Waals surface area (Å²) in [6.45, 7) is 4.44. The lowest BCUT2D eigenvalue weighted by molar-refractivity contribution is 0.187. The first-order valence-corrected chi connectivity index (χ1v) is 8.68. The Labute approximate surface area is 148 Å². The summed E-state index contributed by atoms with van der Waals surface area (Å²) < 4.78 is 5.52. The number of ether oxygens (including phenoxy) is 1. The number of nitrogens with zero attached hydrogens (tertiary/aromatic N) is 2. The van der Waals surface area contributed by atoms with Gasteiger partial charge in [0, 0.05) is 49.0 Å². The van der Waals surface area contributed by atoms with Gasteiger partial charge in [-0.2, -0.15) is 0 Å². The van der Waals surface area contributed by atoms with Gasteiger partial charge < -0.3 is 15.4 Å². The van der Waals surface area contributed by atoms with E-state index in [0.29, 0.717) is 6.54 Å². The molecule has 1 aliphatic rings. The second kappa shape index (κ2) is 7.88. The molecular weight excluding hydrogens is 322 g/mol. The number of hydrogen-bond donors (Lipinski definition) is 1. The lowest BCUT2D eigenvalue weighted by Gasteiger charge is -2.40. The molecule has 0 unspecified atom stereocenters. The molecule has 0 aromatic heterocycles. The fraction of sp³-hybridized carbons (Fsp3) is 0.368. The van der Waals surface area contributed by atoms with Crippen molar-refractivity contribution in [2.45, 2.75) is 6.04 Å². The Morgan fingerprint density at radius 2 is 1.83 bits per heavy atom. The van der Waals surface area contributed by atoms with Gasteiger partial charge in [-0.3, -0.25) is 4.90 Å². The number of anilines is 1. The van der Waals surface area contributed by atoms with Crippen LogP contribution in [0.4, 0.5) is 5.69 Å². The van der Waals surface area contributed by atoms with Crippen molar-refractivity contribution in [3.8, 4) is 5.75 Å². The fourth-order valence-electron chi connectivity index (χ4n) is 3.38. The summed E-state index contributed by atoms with van der Waals surface area (Å²) in [5, 5.41) is 0.781. The van der Waals surface area contributed by atoms with Gasteiger partial charge >= 0.3 is 0 Å². The number of para-hydroxylation sites is 1. The van der Waals surface area contributed by atoms with E-state index in [1.54, 1.807) is 7.11 Å². The number of halogens is 1. The third-order valence-corrected chi connectivity index (χ3v) is 4.88. The third kappa shape index (κ3) is 3.66. The van der Waals surface area contributed by atoms with Crippen LogP contribution in [-0.4, -0.2) is 44.7 Å². The summed E-state index contributed by atoms with van der Waals surface area (Å²) in [5.74, 6) is 0.908. The maximum atomic E-state index is 6.11. The molecule has 128 valence electrons. The van der Waals surface area contributed by atoms with E-state index >= 15 is 0 Å². The minimum Gasteiger partial charge on any atom is -0.496 e. The molecule has 2 aromatic carbocycles. The molecule has 1 heterocycles. The standard InChI is InChI=1S/C19H24ClN3O/c1-24-19-8-3-2-7-17(19)18(14-21)23-11-9-22(10-12-23)16-6-4-5-15(20)13-16/h2-8,13,18H,9-12,14,21H2,1H3/t18-/m1/s1. The van der Waals surface area contributed by atoms with E-state index in [2.05, 4.69) is 21.9 Å². The summed E-state index contributed by atoms with van der Waals surface area (Å²) in [7, 11) is 1.71. The van der Waals surface area contributed by atoms with Gasteiger partial charge in [0.1, 0.15) is 5.75 Å². The number of piperazine rings is 1. The molecule has 1 saturated heterocycles. The van der Waals surface area contributed by atoms with Gasteiger partial charge in [-0.15, -0.1) is 0 Å². The molecule has 0 aliphatic carbocycles. The highest BCUT2D eigenvalue weighted by Gasteiger charge is 2.26. The Morgan fingerprint density at radius 3 is 2.50 bits per heavy atom. The van der Waals surface area contributed by atoms with E-state index in [0.717, 1.165) is 37.0 Å². The van der Waals surface area contributed by atoms with Gasteiger partial charge in [-0.05, 0) is 24.3 Å². The molecule has 0 amide bonds. The quantitative estimate of drug-likeness (QED) is 0.903. The molecule has 1 aliphatic heterocycles. The van der Waals surface area contributed by atoms with Crippen molar-refractivity contribution in [2.24, 2.45) is 5.73 Å². The van der Waals surface area contributed by atoms with Gasteiger partial charge in [0.25, 0.3) is 0 Å². The minimum atomic E-state index is 0.183. The SMILES string of the molecule is COc1ccccc1[C@@H](CN)N1CCN(c2cccc(Cl)c2)CC1. The van der Waals surface area contributed by atoms with Crippen LogP contribution in [0.5, 0.6) is 5.75 Å². The third-order valence-electron chi connectivity index (χ3n) is 4.65. The largest absolute Gasteiger partial charge is 0.496 e. The van der Waals surface area contributed by atoms with Gasteiger partial charge in [-0.25, -0.2) is 0 Å². The zero-order chi connectivity index (χ0) is 16.9. The van der Waals surface area contributed by atoms with Crippen molar-refractivity contribution < 1.29 is 4.74 Å². The van der Waals surface area contributed by atoms with Gasteiger partial charge in [0.15, 0.2) is 0 Å². The summed E-state index contributed by atoms with van der Waals surface area (Å²) in [6.07, 6.45) is 0. The first-order chi connectivity index (χ1) is 11.7. The Kier molecular flexibility index (Phi) is 5.61. The van der Waals surface area contributed by atoms with Crippen molar-refractivity contribution in [1.82, 2.24) is 4.90 Å². The summed E-state index contributed by atoms with van der Waals surface area (Å²) in [4.78, 5) is 4.82. The molecule has 24 heavy (non-hydrogen) atoms. The molecular formula is C19H24ClN3O. The molecule has 3 rings (SSSR count). The van der Waals surface area contributed by atoms with Gasteiger partial charge in [0.2, 0.25) is 0 Å². The van der Waals surface area contributed by atoms with E-state index in [9.17, 15) is 0 Å². The van der Waals surface area contributed by atoms with Gasteiger partial charge in [-0.1, -0.05) is 35.9 Å². The molecule has 0 radical (unpaired) electrons. The van der Waals surface area contributed by atoms with Gasteiger partial charge in [0.05, 0.1) is 13.2 Å². The molecule has 2 N–H and O–H groups in total. The molecule has 0 bridgehead atoms. The average molecular weight is 346 g/mol. The van der Waals surface area contributed by atoms with E-state index < -0.39 is 0 Å². The van der Waals surface area contributed by atoms with Crippen LogP contribution in [0, 0.1) is 0 Å². The Bertz CT molecular complexity index is 671. The van der Waals surface area contributed by atoms with Crippen molar-refractivity contribution in [2.75, 3.05) is 44.7 Å². The van der Waals surface area contributed by atoms with Crippen molar-refractivity contribution >= 4 is 17.3 Å². The molecule has 1 fully saturated rings. The highest BCUT2D eigenvalue weighted by molar-refractivity contribution is 6.30. The summed E-state index contributed by atoms with van der Waals surface area (Å²) >= 11 is 6.11. The maximum Gasteiger partial charge on any atom is 0.123 e. The monoisotopic (exact) mass is 345 g/mol. The average Bonchev–Trinajstić information content (AvgIpc) is 2.63. The zero-order valence-electron chi connectivity index (χ0n) is 14.0. The molecule has 5 heteroatoms. The fourth-order valence-corrected chi connectivity index (χ4v) is 3.56. The smallest absolute Gasteiger partial charge is 0.123 e. The van der Waals surface area contributed by atoms with Crippen LogP contribution in [0.15, 0.2) is 48.5 Å². The predicted molar refractivity (Wildman–Crippen MR) is 100 cm³/mol. The Morgan fingerprint density at radius 1 is 1.08 bits per heavy atom. The highest BCUT2D eigenvalue weighted by atomic mass is 35.5. The second-order valence-electron chi connectivity index (χ2n) is 6.00. The molecule has 4 nitrogen and oxygen atoms in total. The number of nitrogens with two attached hydrogens (primary N) is 1. The van der Waals surface area contributed by atoms with Crippen LogP contribution in [0.1, 0.15) is 11.6 Å².